The number of nitrogens with zero attached hydrogens (tertiary/aromatic N) is 4. The topological polar surface area (TPSA) is 64.9 Å². The predicted octanol–water partition coefficient (Wildman–Crippen LogP) is 1.48. The molecule has 2 heterocycles. The molecule has 0 saturated carbocycles. The zero-order valence-electron chi connectivity index (χ0n) is 10.3. The van der Waals surface area contributed by atoms with E-state index in [4.69, 9.17) is 0 Å². The molecule has 1 N–H and O–H groups in total. The zero-order valence-corrected chi connectivity index (χ0v) is 10.3. The number of aryl methyl sites for hydroxylation is 1. The first-order valence-corrected chi connectivity index (χ1v) is 5.41. The fraction of sp³-hybridized carbons (Fsp3) is 0.500. The minimum Gasteiger partial charge on any atom is -0.372 e. The molecule has 6 nitrogen and oxygen atoms in total. The second-order valence-corrected chi connectivity index (χ2v) is 3.85. The van der Waals surface area contributed by atoms with Crippen molar-refractivity contribution in [2.75, 3.05) is 19.0 Å². The number of hydrogen-bond acceptors (Lipinski definition) is 5. The lowest BCUT2D eigenvalue weighted by molar-refractivity contribution is -0.177. The minimum absolute atomic E-state index is 0.171. The summed E-state index contributed by atoms with van der Waals surface area (Å²) in [6.45, 7) is -1.63. The average molecular weight is 275 g/mol. The van der Waals surface area contributed by atoms with Gasteiger partial charge in [0, 0.05) is 14.1 Å². The third-order valence-electron chi connectivity index (χ3n) is 2.37. The van der Waals surface area contributed by atoms with Crippen LogP contribution in [0.5, 0.6) is 0 Å². The second kappa shape index (κ2) is 5.00. The molecule has 0 amide bonds. The molecule has 2 rings (SSSR count). The van der Waals surface area contributed by atoms with Gasteiger partial charge in [-0.1, -0.05) is 0 Å². The summed E-state index contributed by atoms with van der Waals surface area (Å²) in [7, 11) is 3.35. The highest BCUT2D eigenvalue weighted by atomic mass is 19.4. The Labute approximate surface area is 106 Å². The molecule has 104 valence electrons. The number of nitrogens with one attached hydrogen (secondary N) is 1. The van der Waals surface area contributed by atoms with Crippen LogP contribution in [0.1, 0.15) is 5.82 Å². The van der Waals surface area contributed by atoms with Crippen molar-refractivity contribution in [1.29, 1.82) is 0 Å². The van der Waals surface area contributed by atoms with Gasteiger partial charge in [0.1, 0.15) is 19.0 Å². The van der Waals surface area contributed by atoms with Crippen molar-refractivity contribution in [2.24, 2.45) is 7.05 Å². The van der Waals surface area contributed by atoms with Crippen LogP contribution in [-0.4, -0.2) is 39.6 Å². The lowest BCUT2D eigenvalue weighted by Crippen LogP contribution is -2.17. The van der Waals surface area contributed by atoms with Crippen molar-refractivity contribution < 1.29 is 17.9 Å². The Morgan fingerprint density at radius 2 is 2.11 bits per heavy atom. The van der Waals surface area contributed by atoms with Crippen molar-refractivity contribution in [3.05, 3.63) is 12.0 Å². The molecule has 19 heavy (non-hydrogen) atoms. The fourth-order valence-corrected chi connectivity index (χ4v) is 1.58. The fourth-order valence-electron chi connectivity index (χ4n) is 1.58. The summed E-state index contributed by atoms with van der Waals surface area (Å²) in [5.41, 5.74) is 0.532. The standard InChI is InChI=1S/C10H12F3N5O/c1-14-8-6-3-15-18(2)9(6)17-7(16-8)4-19-5-10(11,12)13/h3H,4-5H2,1-2H3,(H,14,16,17). The van der Waals surface area contributed by atoms with Gasteiger partial charge in [-0.15, -0.1) is 0 Å². The number of anilines is 1. The van der Waals surface area contributed by atoms with Crippen LogP contribution in [0, 0.1) is 0 Å². The minimum atomic E-state index is -4.36. The van der Waals surface area contributed by atoms with E-state index in [2.05, 4.69) is 25.1 Å². The number of fused-ring (bicyclic) bond motifs is 1. The van der Waals surface area contributed by atoms with Crippen molar-refractivity contribution >= 4 is 16.9 Å². The van der Waals surface area contributed by atoms with Gasteiger partial charge in [-0.2, -0.15) is 18.3 Å². The van der Waals surface area contributed by atoms with Gasteiger partial charge in [0.15, 0.2) is 11.5 Å². The lowest BCUT2D eigenvalue weighted by atomic mass is 10.4. The molecule has 2 aromatic heterocycles. The van der Waals surface area contributed by atoms with Gasteiger partial charge in [-0.05, 0) is 0 Å². The van der Waals surface area contributed by atoms with E-state index in [1.165, 1.54) is 4.68 Å². The largest absolute Gasteiger partial charge is 0.411 e. The van der Waals surface area contributed by atoms with Crippen LogP contribution in [-0.2, 0) is 18.4 Å². The van der Waals surface area contributed by atoms with Crippen LogP contribution in [0.4, 0.5) is 19.0 Å². The molecule has 0 unspecified atom stereocenters. The first kappa shape index (κ1) is 13.5. The molecule has 0 saturated heterocycles. The Morgan fingerprint density at radius 1 is 1.37 bits per heavy atom. The first-order valence-electron chi connectivity index (χ1n) is 5.41. The molecular formula is C10H12F3N5O. The van der Waals surface area contributed by atoms with Crippen molar-refractivity contribution in [2.45, 2.75) is 12.8 Å². The molecule has 9 heteroatoms. The van der Waals surface area contributed by atoms with E-state index in [0.29, 0.717) is 16.9 Å². The van der Waals surface area contributed by atoms with Gasteiger partial charge in [-0.3, -0.25) is 4.68 Å². The van der Waals surface area contributed by atoms with E-state index < -0.39 is 12.8 Å². The Bertz CT molecular complexity index is 580. The number of alkyl halides is 3. The highest BCUT2D eigenvalue weighted by Gasteiger charge is 2.27. The summed E-state index contributed by atoms with van der Waals surface area (Å²) in [5.74, 6) is 0.674. The van der Waals surface area contributed by atoms with Crippen LogP contribution < -0.4 is 5.32 Å². The third kappa shape index (κ3) is 3.11. The maximum atomic E-state index is 12.0. The maximum Gasteiger partial charge on any atom is 0.411 e. The van der Waals surface area contributed by atoms with Gasteiger partial charge in [0.2, 0.25) is 0 Å². The Hall–Kier alpha value is -1.90. The highest BCUT2D eigenvalue weighted by Crippen LogP contribution is 2.20. The molecule has 0 fully saturated rings. The van der Waals surface area contributed by atoms with Gasteiger partial charge in [0.05, 0.1) is 11.6 Å². The Kier molecular flexibility index (Phi) is 3.56. The van der Waals surface area contributed by atoms with Crippen molar-refractivity contribution in [3.63, 3.8) is 0 Å². The van der Waals surface area contributed by atoms with E-state index in [1.54, 1.807) is 20.3 Å². The highest BCUT2D eigenvalue weighted by molar-refractivity contribution is 5.86. The molecule has 0 aromatic carbocycles. The summed E-state index contributed by atoms with van der Waals surface area (Å²) in [5, 5.41) is 7.57. The smallest absolute Gasteiger partial charge is 0.372 e. The first-order chi connectivity index (χ1) is 8.90. The molecule has 0 atom stereocenters. The SMILES string of the molecule is CNc1nc(COCC(F)(F)F)nc2c1cnn2C. The monoisotopic (exact) mass is 275 g/mol. The molecule has 0 aliphatic heterocycles. The summed E-state index contributed by atoms with van der Waals surface area (Å²) in [6.07, 6.45) is -2.77. The maximum absolute atomic E-state index is 12.0. The predicted molar refractivity (Wildman–Crippen MR) is 61.6 cm³/mol. The van der Waals surface area contributed by atoms with Gasteiger partial charge < -0.3 is 10.1 Å². The number of halogens is 3. The van der Waals surface area contributed by atoms with Crippen molar-refractivity contribution in [1.82, 2.24) is 19.7 Å². The van der Waals surface area contributed by atoms with Gasteiger partial charge in [0.25, 0.3) is 0 Å². The van der Waals surface area contributed by atoms with Crippen LogP contribution >= 0.6 is 0 Å². The van der Waals surface area contributed by atoms with E-state index in [0.717, 1.165) is 0 Å². The summed E-state index contributed by atoms with van der Waals surface area (Å²) in [6, 6.07) is 0. The molecular weight excluding hydrogens is 263 g/mol. The van der Waals surface area contributed by atoms with E-state index in [9.17, 15) is 13.2 Å². The number of hydrogen-bond donors (Lipinski definition) is 1. The zero-order chi connectivity index (χ0) is 14.0. The lowest BCUT2D eigenvalue weighted by Gasteiger charge is -2.08. The molecule has 2 aromatic rings. The van der Waals surface area contributed by atoms with Crippen LogP contribution in [0.25, 0.3) is 11.0 Å². The molecule has 0 aliphatic rings. The Morgan fingerprint density at radius 3 is 2.74 bits per heavy atom. The quantitative estimate of drug-likeness (QED) is 0.915. The van der Waals surface area contributed by atoms with Crippen LogP contribution in [0.2, 0.25) is 0 Å². The van der Waals surface area contributed by atoms with Gasteiger partial charge >= 0.3 is 6.18 Å². The Balaban J connectivity index is 2.21. The molecule has 0 radical (unpaired) electrons. The van der Waals surface area contributed by atoms with E-state index >= 15 is 0 Å². The third-order valence-corrected chi connectivity index (χ3v) is 2.37. The van der Waals surface area contributed by atoms with Crippen LogP contribution in [0.15, 0.2) is 6.20 Å². The van der Waals surface area contributed by atoms with Crippen LogP contribution in [0.3, 0.4) is 0 Å². The summed E-state index contributed by atoms with van der Waals surface area (Å²) < 4.78 is 42.0. The van der Waals surface area contributed by atoms with Crippen molar-refractivity contribution in [3.8, 4) is 0 Å². The normalized spacial score (nSPS) is 12.1. The van der Waals surface area contributed by atoms with Gasteiger partial charge in [-0.25, -0.2) is 9.97 Å². The van der Waals surface area contributed by atoms with E-state index in [1.807, 2.05) is 0 Å². The molecule has 0 aliphatic carbocycles. The number of aromatic nitrogens is 4. The molecule has 0 spiro atoms. The number of ether oxygens (including phenoxy) is 1. The van der Waals surface area contributed by atoms with E-state index in [-0.39, 0.29) is 12.4 Å². The molecule has 0 bridgehead atoms. The summed E-state index contributed by atoms with van der Waals surface area (Å²) in [4.78, 5) is 8.20. The summed E-state index contributed by atoms with van der Waals surface area (Å²) >= 11 is 0. The number of rotatable bonds is 4. The average Bonchev–Trinajstić information content (AvgIpc) is 2.69. The second-order valence-electron chi connectivity index (χ2n) is 3.85.